The summed E-state index contributed by atoms with van der Waals surface area (Å²) in [5, 5.41) is 5.34. The van der Waals surface area contributed by atoms with Crippen LogP contribution < -0.4 is 24.8 Å². The molecule has 6 rings (SSSR count). The third-order valence-electron chi connectivity index (χ3n) is 6.72. The summed E-state index contributed by atoms with van der Waals surface area (Å²) in [4.78, 5) is 0. The number of aryl methyl sites for hydroxylation is 1. The second kappa shape index (κ2) is 15.9. The monoisotopic (exact) mass is 670 g/mol. The molecule has 0 saturated heterocycles. The molecule has 210 valence electrons. The predicted molar refractivity (Wildman–Crippen MR) is 171 cm³/mol. The van der Waals surface area contributed by atoms with Crippen molar-refractivity contribution in [2.75, 3.05) is 0 Å². The fourth-order valence-corrected chi connectivity index (χ4v) is 4.81. The molecule has 4 heteroatoms. The molecule has 41 heavy (non-hydrogen) atoms. The van der Waals surface area contributed by atoms with E-state index in [2.05, 4.69) is 162 Å². The number of hydrogen-bond donors (Lipinski definition) is 0. The second-order valence-corrected chi connectivity index (χ2v) is 20.7. The van der Waals surface area contributed by atoms with Gasteiger partial charge in [0.15, 0.2) is 0 Å². The first kappa shape index (κ1) is 35.0. The van der Waals surface area contributed by atoms with Crippen molar-refractivity contribution >= 4 is 27.0 Å². The van der Waals surface area contributed by atoms with E-state index < -0.39 is 0 Å². The Bertz CT molecular complexity index is 1670. The van der Waals surface area contributed by atoms with Gasteiger partial charge < -0.3 is 24.8 Å². The number of halogens is 2. The first-order valence-corrected chi connectivity index (χ1v) is 19.8. The van der Waals surface area contributed by atoms with E-state index in [1.165, 1.54) is 54.9 Å². The van der Waals surface area contributed by atoms with Crippen LogP contribution >= 0.6 is 0 Å². The summed E-state index contributed by atoms with van der Waals surface area (Å²) < 4.78 is 0. The van der Waals surface area contributed by atoms with Gasteiger partial charge in [0.1, 0.15) is 0 Å². The molecule has 0 aromatic heterocycles. The number of fused-ring (bicyclic) bond motifs is 2. The predicted octanol–water partition coefficient (Wildman–Crippen LogP) is 4.85. The van der Waals surface area contributed by atoms with Gasteiger partial charge in [-0.05, 0) is 16.5 Å². The zero-order valence-corrected chi connectivity index (χ0v) is 29.8. The van der Waals surface area contributed by atoms with Crippen molar-refractivity contribution in [2.45, 2.75) is 46.2 Å². The first-order chi connectivity index (χ1) is 18.6. The van der Waals surface area contributed by atoms with Gasteiger partial charge >= 0.3 is 41.9 Å². The molecule has 0 radical (unpaired) electrons. The van der Waals surface area contributed by atoms with Gasteiger partial charge in [0.05, 0.1) is 0 Å². The van der Waals surface area contributed by atoms with E-state index in [1.54, 1.807) is 23.3 Å². The molecule has 0 atom stereocenters. The van der Waals surface area contributed by atoms with Crippen molar-refractivity contribution in [1.82, 2.24) is 0 Å². The van der Waals surface area contributed by atoms with Crippen molar-refractivity contribution in [3.8, 4) is 22.3 Å². The maximum absolute atomic E-state index is 2.31. The molecule has 6 aromatic rings. The van der Waals surface area contributed by atoms with Gasteiger partial charge in [-0.15, -0.1) is 81.2 Å². The van der Waals surface area contributed by atoms with Crippen LogP contribution in [0, 0.1) is 6.92 Å². The molecule has 6 aromatic carbocycles. The van der Waals surface area contributed by atoms with E-state index in [4.69, 9.17) is 0 Å². The Morgan fingerprint density at radius 1 is 0.634 bits per heavy atom. The van der Waals surface area contributed by atoms with E-state index in [1.807, 2.05) is 0 Å². The summed E-state index contributed by atoms with van der Waals surface area (Å²) in [6.45, 7) is 13.5. The molecular formula is C37H38Cl2SiZr-2. The van der Waals surface area contributed by atoms with Gasteiger partial charge in [0.2, 0.25) is 0 Å². The van der Waals surface area contributed by atoms with E-state index in [0.29, 0.717) is 0 Å². The molecule has 0 unspecified atom stereocenters. The molecule has 0 saturated carbocycles. The minimum absolute atomic E-state index is 0. The van der Waals surface area contributed by atoms with Crippen LogP contribution in [0.5, 0.6) is 0 Å². The summed E-state index contributed by atoms with van der Waals surface area (Å²) >= 11 is 1.74. The Morgan fingerprint density at radius 2 is 1.20 bits per heavy atom. The Hall–Kier alpha value is -2.22. The Balaban J connectivity index is 0.000000250. The van der Waals surface area contributed by atoms with Crippen LogP contribution in [-0.2, 0) is 28.8 Å². The molecule has 0 aliphatic rings. The number of hydrogen-bond acceptors (Lipinski definition) is 0. The fraction of sp³-hybridized carbons (Fsp3) is 0.189. The van der Waals surface area contributed by atoms with Crippen molar-refractivity contribution in [1.29, 1.82) is 0 Å². The van der Waals surface area contributed by atoms with Crippen molar-refractivity contribution in [3.63, 3.8) is 0 Å². The fourth-order valence-electron chi connectivity index (χ4n) is 4.81. The van der Waals surface area contributed by atoms with Gasteiger partial charge in [-0.1, -0.05) is 106 Å². The zero-order valence-electron chi connectivity index (χ0n) is 24.8. The molecule has 0 nitrogen and oxygen atoms in total. The van der Waals surface area contributed by atoms with Crippen LogP contribution in [0.15, 0.2) is 121 Å². The third-order valence-corrected chi connectivity index (χ3v) is 6.72. The third kappa shape index (κ3) is 9.39. The largest absolute Gasteiger partial charge is 1.00 e. The maximum atomic E-state index is 2.31. The molecule has 0 fully saturated rings. The summed E-state index contributed by atoms with van der Waals surface area (Å²) in [6, 6.07) is 43.5. The van der Waals surface area contributed by atoms with Gasteiger partial charge in [-0.3, -0.25) is 0 Å². The molecule has 0 amide bonds. The van der Waals surface area contributed by atoms with Crippen LogP contribution in [0.4, 0.5) is 0 Å². The van der Waals surface area contributed by atoms with Crippen molar-refractivity contribution in [2.24, 2.45) is 0 Å². The Kier molecular flexibility index (Phi) is 13.5. The molecule has 0 N–H and O–H groups in total. The Morgan fingerprint density at radius 3 is 1.83 bits per heavy atom. The van der Waals surface area contributed by atoms with Crippen LogP contribution in [0.2, 0.25) is 13.1 Å². The van der Waals surface area contributed by atoms with Gasteiger partial charge in [-0.2, -0.15) is 6.07 Å². The van der Waals surface area contributed by atoms with Crippen LogP contribution in [0.1, 0.15) is 31.9 Å². The minimum Gasteiger partial charge on any atom is -1.00 e. The molecular weight excluding hydrogens is 635 g/mol. The van der Waals surface area contributed by atoms with E-state index >= 15 is 0 Å². The summed E-state index contributed by atoms with van der Waals surface area (Å²) in [7, 11) is 0. The van der Waals surface area contributed by atoms with Gasteiger partial charge in [-0.25, -0.2) is 0 Å². The van der Waals surface area contributed by atoms with E-state index in [0.717, 1.165) is 0 Å². The maximum Gasteiger partial charge on any atom is -0.0132 e. The quantitative estimate of drug-likeness (QED) is 0.183. The Labute approximate surface area is 274 Å². The number of rotatable bonds is 2. The molecule has 0 bridgehead atoms. The van der Waals surface area contributed by atoms with Crippen LogP contribution in [0.3, 0.4) is 0 Å². The molecule has 0 heterocycles. The normalized spacial score (nSPS) is 10.4. The molecule has 0 aliphatic carbocycles. The van der Waals surface area contributed by atoms with Gasteiger partial charge in [0, 0.05) is 0 Å². The first-order valence-electron chi connectivity index (χ1n) is 13.6. The number of benzene rings is 4. The van der Waals surface area contributed by atoms with E-state index in [-0.39, 0.29) is 35.7 Å². The minimum atomic E-state index is 0. The SMILES string of the molecule is C[Si](C)=[Zr+2].Cc1cc2c(-c3ccc(C(C)(C)C)cc3)cccc2[cH-]1.[Cl-].[Cl-].c1ccc(-c2c[cH-]c3ccccc23)cc1. The van der Waals surface area contributed by atoms with Crippen molar-refractivity contribution < 1.29 is 48.1 Å². The summed E-state index contributed by atoms with van der Waals surface area (Å²) in [5.74, 6) is 0. The van der Waals surface area contributed by atoms with E-state index in [9.17, 15) is 0 Å². The summed E-state index contributed by atoms with van der Waals surface area (Å²) in [5.41, 5.74) is 8.38. The second-order valence-electron chi connectivity index (χ2n) is 11.4. The zero-order chi connectivity index (χ0) is 28.0. The average molecular weight is 673 g/mol. The van der Waals surface area contributed by atoms with Gasteiger partial charge in [0.25, 0.3) is 0 Å². The summed E-state index contributed by atoms with van der Waals surface area (Å²) in [6.07, 6.45) is 0. The topological polar surface area (TPSA) is 0 Å². The van der Waals surface area contributed by atoms with Crippen LogP contribution in [0.25, 0.3) is 43.8 Å². The molecule has 0 spiro atoms. The standard InChI is InChI=1S/C20H21.C15H11.C2H6Si.2ClH.Zr/c1-14-12-16-6-5-7-18(19(16)13-14)15-8-10-17(11-9-15)20(2,3)4;1-2-6-12(7-3-1)15-11-10-13-8-4-5-9-14(13)15;1-3-2;;;/h5-13H,1-4H3;1-11H;1-2H3;2*1H;/q2*-1;;;;+2/p-2. The van der Waals surface area contributed by atoms with Crippen LogP contribution in [-0.4, -0.2) is 5.43 Å². The molecule has 0 aliphatic heterocycles. The van der Waals surface area contributed by atoms with Crippen molar-refractivity contribution in [3.05, 3.63) is 132 Å². The smallest absolute Gasteiger partial charge is 0.0132 e. The average Bonchev–Trinajstić information content (AvgIpc) is 3.51.